The third kappa shape index (κ3) is 5.20. The van der Waals surface area contributed by atoms with E-state index in [4.69, 9.17) is 0 Å². The molecule has 2 aromatic rings. The van der Waals surface area contributed by atoms with Gasteiger partial charge in [-0.25, -0.2) is 0 Å². The Morgan fingerprint density at radius 3 is 2.04 bits per heavy atom. The molecule has 0 aromatic heterocycles. The van der Waals surface area contributed by atoms with E-state index < -0.39 is 6.04 Å². The number of piperazine rings is 1. The van der Waals surface area contributed by atoms with Gasteiger partial charge < -0.3 is 10.2 Å². The van der Waals surface area contributed by atoms with Gasteiger partial charge in [0.1, 0.15) is 6.04 Å². The maximum Gasteiger partial charge on any atom is 0.251 e. The van der Waals surface area contributed by atoms with Crippen LogP contribution in [0, 0.1) is 5.92 Å². The van der Waals surface area contributed by atoms with Gasteiger partial charge in [-0.15, -0.1) is 0 Å². The number of amides is 2. The molecule has 2 aromatic carbocycles. The number of carbonyl (C=O) groups excluding carboxylic acids is 2. The summed E-state index contributed by atoms with van der Waals surface area (Å²) in [5.41, 5.74) is 1.87. The molecular formula is C23H29N3O2. The summed E-state index contributed by atoms with van der Waals surface area (Å²) in [5.74, 6) is -0.156. The predicted molar refractivity (Wildman–Crippen MR) is 111 cm³/mol. The van der Waals surface area contributed by atoms with Crippen molar-refractivity contribution in [2.24, 2.45) is 5.92 Å². The Kier molecular flexibility index (Phi) is 6.82. The zero-order valence-electron chi connectivity index (χ0n) is 16.7. The maximum atomic E-state index is 13.1. The fourth-order valence-electron chi connectivity index (χ4n) is 3.49. The third-order valence-electron chi connectivity index (χ3n) is 5.19. The number of nitrogens with zero attached hydrogens (tertiary/aromatic N) is 2. The van der Waals surface area contributed by atoms with E-state index in [1.807, 2.05) is 43.0 Å². The first-order chi connectivity index (χ1) is 13.5. The highest BCUT2D eigenvalue weighted by Gasteiger charge is 2.30. The minimum atomic E-state index is -0.506. The van der Waals surface area contributed by atoms with Crippen LogP contribution >= 0.6 is 0 Å². The van der Waals surface area contributed by atoms with Gasteiger partial charge in [0.25, 0.3) is 5.91 Å². The van der Waals surface area contributed by atoms with E-state index in [-0.39, 0.29) is 17.7 Å². The molecule has 0 bridgehead atoms. The molecule has 5 nitrogen and oxygen atoms in total. The average Bonchev–Trinajstić information content (AvgIpc) is 2.73. The minimum absolute atomic E-state index is 0.0126. The SMILES string of the molecule is CC(C)C(NC(=O)c1ccccc1)C(=O)N1CCN(Cc2ccccc2)CC1. The first kappa shape index (κ1) is 20.1. The molecule has 0 radical (unpaired) electrons. The highest BCUT2D eigenvalue weighted by atomic mass is 16.2. The molecule has 1 fully saturated rings. The van der Waals surface area contributed by atoms with Crippen molar-refractivity contribution in [1.29, 1.82) is 0 Å². The summed E-state index contributed by atoms with van der Waals surface area (Å²) in [6, 6.07) is 18.9. The number of hydrogen-bond acceptors (Lipinski definition) is 3. The first-order valence-corrected chi connectivity index (χ1v) is 9.95. The Labute approximate surface area is 167 Å². The Balaban J connectivity index is 1.56. The minimum Gasteiger partial charge on any atom is -0.340 e. The highest BCUT2D eigenvalue weighted by Crippen LogP contribution is 2.13. The Hall–Kier alpha value is -2.66. The lowest BCUT2D eigenvalue weighted by Crippen LogP contribution is -2.56. The zero-order valence-corrected chi connectivity index (χ0v) is 16.7. The Bertz CT molecular complexity index is 769. The van der Waals surface area contributed by atoms with E-state index in [0.29, 0.717) is 18.7 Å². The van der Waals surface area contributed by atoms with Gasteiger partial charge in [0.15, 0.2) is 0 Å². The van der Waals surface area contributed by atoms with E-state index in [1.165, 1.54) is 5.56 Å². The van der Waals surface area contributed by atoms with Gasteiger partial charge in [-0.2, -0.15) is 0 Å². The average molecular weight is 380 g/mol. The Morgan fingerprint density at radius 1 is 0.893 bits per heavy atom. The summed E-state index contributed by atoms with van der Waals surface area (Å²) in [6.07, 6.45) is 0. The van der Waals surface area contributed by atoms with E-state index >= 15 is 0 Å². The van der Waals surface area contributed by atoms with Crippen molar-refractivity contribution in [3.05, 3.63) is 71.8 Å². The molecule has 28 heavy (non-hydrogen) atoms. The third-order valence-corrected chi connectivity index (χ3v) is 5.19. The van der Waals surface area contributed by atoms with Crippen molar-refractivity contribution in [3.8, 4) is 0 Å². The Morgan fingerprint density at radius 2 is 1.46 bits per heavy atom. The number of hydrogen-bond donors (Lipinski definition) is 1. The van der Waals surface area contributed by atoms with Crippen molar-refractivity contribution in [3.63, 3.8) is 0 Å². The molecule has 1 saturated heterocycles. The van der Waals surface area contributed by atoms with Crippen LogP contribution in [0.4, 0.5) is 0 Å². The molecule has 3 rings (SSSR count). The van der Waals surface area contributed by atoms with Crippen LogP contribution in [0.3, 0.4) is 0 Å². The lowest BCUT2D eigenvalue weighted by molar-refractivity contribution is -0.136. The lowest BCUT2D eigenvalue weighted by atomic mass is 10.0. The first-order valence-electron chi connectivity index (χ1n) is 9.95. The van der Waals surface area contributed by atoms with Gasteiger partial charge in [0.2, 0.25) is 5.91 Å². The fraction of sp³-hybridized carbons (Fsp3) is 0.391. The van der Waals surface area contributed by atoms with Crippen LogP contribution in [0.5, 0.6) is 0 Å². The largest absolute Gasteiger partial charge is 0.340 e. The maximum absolute atomic E-state index is 13.1. The molecule has 1 unspecified atom stereocenters. The second-order valence-corrected chi connectivity index (χ2v) is 7.65. The predicted octanol–water partition coefficient (Wildman–Crippen LogP) is 2.79. The van der Waals surface area contributed by atoms with Crippen LogP contribution in [0.1, 0.15) is 29.8 Å². The highest BCUT2D eigenvalue weighted by molar-refractivity contribution is 5.97. The molecular weight excluding hydrogens is 350 g/mol. The monoisotopic (exact) mass is 379 g/mol. The van der Waals surface area contributed by atoms with Gasteiger partial charge >= 0.3 is 0 Å². The van der Waals surface area contributed by atoms with Crippen molar-refractivity contribution < 1.29 is 9.59 Å². The summed E-state index contributed by atoms with van der Waals surface area (Å²) in [7, 11) is 0. The number of benzene rings is 2. The molecule has 0 aliphatic carbocycles. The summed E-state index contributed by atoms with van der Waals surface area (Å²) < 4.78 is 0. The van der Waals surface area contributed by atoms with Crippen LogP contribution in [-0.4, -0.2) is 53.8 Å². The van der Waals surface area contributed by atoms with Crippen molar-refractivity contribution in [2.75, 3.05) is 26.2 Å². The van der Waals surface area contributed by atoms with E-state index in [9.17, 15) is 9.59 Å². The number of rotatable bonds is 6. The van der Waals surface area contributed by atoms with Crippen LogP contribution in [0.15, 0.2) is 60.7 Å². The summed E-state index contributed by atoms with van der Waals surface area (Å²) in [4.78, 5) is 29.8. The summed E-state index contributed by atoms with van der Waals surface area (Å²) in [5, 5.41) is 2.94. The quantitative estimate of drug-likeness (QED) is 0.840. The smallest absolute Gasteiger partial charge is 0.251 e. The number of carbonyl (C=O) groups is 2. The summed E-state index contributed by atoms with van der Waals surface area (Å²) in [6.45, 7) is 7.92. The van der Waals surface area contributed by atoms with Crippen LogP contribution in [0.25, 0.3) is 0 Å². The summed E-state index contributed by atoms with van der Waals surface area (Å²) >= 11 is 0. The van der Waals surface area contributed by atoms with Crippen LogP contribution in [-0.2, 0) is 11.3 Å². The zero-order chi connectivity index (χ0) is 19.9. The molecule has 0 spiro atoms. The molecule has 5 heteroatoms. The molecule has 1 aliphatic rings. The van der Waals surface area contributed by atoms with E-state index in [2.05, 4.69) is 34.5 Å². The lowest BCUT2D eigenvalue weighted by Gasteiger charge is -2.37. The molecule has 0 saturated carbocycles. The number of nitrogens with one attached hydrogen (secondary N) is 1. The van der Waals surface area contributed by atoms with E-state index in [0.717, 1.165) is 19.6 Å². The topological polar surface area (TPSA) is 52.7 Å². The molecule has 1 N–H and O–H groups in total. The second kappa shape index (κ2) is 9.51. The molecule has 148 valence electrons. The van der Waals surface area contributed by atoms with Gasteiger partial charge in [0.05, 0.1) is 0 Å². The van der Waals surface area contributed by atoms with Gasteiger partial charge in [0, 0.05) is 38.3 Å². The second-order valence-electron chi connectivity index (χ2n) is 7.65. The molecule has 2 amide bonds. The molecule has 1 atom stereocenters. The van der Waals surface area contributed by atoms with Crippen LogP contribution in [0.2, 0.25) is 0 Å². The van der Waals surface area contributed by atoms with Gasteiger partial charge in [-0.05, 0) is 23.6 Å². The van der Waals surface area contributed by atoms with Gasteiger partial charge in [-0.1, -0.05) is 62.4 Å². The fourth-order valence-corrected chi connectivity index (χ4v) is 3.49. The van der Waals surface area contributed by atoms with E-state index in [1.54, 1.807) is 12.1 Å². The standard InChI is InChI=1S/C23H29N3O2/c1-18(2)21(24-22(27)20-11-7-4-8-12-20)23(28)26-15-13-25(14-16-26)17-19-9-5-3-6-10-19/h3-12,18,21H,13-17H2,1-2H3,(H,24,27). The van der Waals surface area contributed by atoms with Crippen LogP contribution < -0.4 is 5.32 Å². The van der Waals surface area contributed by atoms with Crippen molar-refractivity contribution >= 4 is 11.8 Å². The molecule has 1 heterocycles. The van der Waals surface area contributed by atoms with Crippen molar-refractivity contribution in [2.45, 2.75) is 26.4 Å². The normalized spacial score (nSPS) is 16.0. The van der Waals surface area contributed by atoms with Gasteiger partial charge in [-0.3, -0.25) is 14.5 Å². The molecule has 1 aliphatic heterocycles. The van der Waals surface area contributed by atoms with Crippen molar-refractivity contribution in [1.82, 2.24) is 15.1 Å².